The fourth-order valence-electron chi connectivity index (χ4n) is 3.09. The number of benzene rings is 1. The van der Waals surface area contributed by atoms with E-state index >= 15 is 0 Å². The molecular formula is C18H16FN3O3S3. The van der Waals surface area contributed by atoms with Gasteiger partial charge in [0.25, 0.3) is 10.0 Å². The van der Waals surface area contributed by atoms with Gasteiger partial charge in [-0.1, -0.05) is 6.07 Å². The molecule has 4 rings (SSSR count). The van der Waals surface area contributed by atoms with Crippen LogP contribution in [0.25, 0.3) is 11.3 Å². The number of carbonyl (C=O) groups excluding carboxylic acids is 1. The van der Waals surface area contributed by atoms with Gasteiger partial charge in [0.2, 0.25) is 5.91 Å². The van der Waals surface area contributed by atoms with Gasteiger partial charge < -0.3 is 5.32 Å². The van der Waals surface area contributed by atoms with Crippen LogP contribution in [0.15, 0.2) is 51.4 Å². The number of sulfonamides is 1. The molecule has 6 nitrogen and oxygen atoms in total. The highest BCUT2D eigenvalue weighted by molar-refractivity contribution is 7.91. The van der Waals surface area contributed by atoms with Crippen LogP contribution >= 0.6 is 22.7 Å². The van der Waals surface area contributed by atoms with E-state index < -0.39 is 22.0 Å². The van der Waals surface area contributed by atoms with Gasteiger partial charge in [-0.2, -0.15) is 4.31 Å². The second-order valence-corrected chi connectivity index (χ2v) is 10.2. The number of halogens is 1. The molecule has 1 saturated heterocycles. The lowest BCUT2D eigenvalue weighted by Crippen LogP contribution is -2.42. The molecule has 1 aromatic carbocycles. The summed E-state index contributed by atoms with van der Waals surface area (Å²) in [4.78, 5) is 17.1. The number of nitrogens with one attached hydrogen (secondary N) is 1. The van der Waals surface area contributed by atoms with E-state index in [2.05, 4.69) is 10.3 Å². The Morgan fingerprint density at radius 3 is 2.71 bits per heavy atom. The monoisotopic (exact) mass is 437 g/mol. The minimum atomic E-state index is -3.69. The Morgan fingerprint density at radius 1 is 1.21 bits per heavy atom. The molecule has 3 heterocycles. The Morgan fingerprint density at radius 2 is 2.00 bits per heavy atom. The summed E-state index contributed by atoms with van der Waals surface area (Å²) in [7, 11) is -3.69. The van der Waals surface area contributed by atoms with Gasteiger partial charge in [-0.3, -0.25) is 4.79 Å². The molecule has 1 amide bonds. The molecule has 1 atom stereocenters. The molecule has 1 aliphatic heterocycles. The summed E-state index contributed by atoms with van der Waals surface area (Å²) in [6, 6.07) is 8.38. The average molecular weight is 438 g/mol. The van der Waals surface area contributed by atoms with Crippen LogP contribution < -0.4 is 5.32 Å². The summed E-state index contributed by atoms with van der Waals surface area (Å²) in [6.07, 6.45) is 1.09. The van der Waals surface area contributed by atoms with Crippen molar-refractivity contribution in [3.05, 3.63) is 53.0 Å². The highest BCUT2D eigenvalue weighted by Gasteiger charge is 2.40. The maximum atomic E-state index is 13.1. The van der Waals surface area contributed by atoms with Crippen molar-refractivity contribution in [1.82, 2.24) is 9.29 Å². The summed E-state index contributed by atoms with van der Waals surface area (Å²) < 4.78 is 40.1. The third-order valence-corrected chi connectivity index (χ3v) is 8.48. The van der Waals surface area contributed by atoms with Crippen molar-refractivity contribution in [2.24, 2.45) is 0 Å². The topological polar surface area (TPSA) is 79.4 Å². The molecule has 0 saturated carbocycles. The van der Waals surface area contributed by atoms with E-state index in [1.165, 1.54) is 27.8 Å². The highest BCUT2D eigenvalue weighted by Crippen LogP contribution is 2.30. The number of carbonyl (C=O) groups is 1. The second kappa shape index (κ2) is 7.70. The zero-order valence-electron chi connectivity index (χ0n) is 14.5. The first-order chi connectivity index (χ1) is 13.4. The number of hydrogen-bond acceptors (Lipinski definition) is 6. The van der Waals surface area contributed by atoms with Crippen LogP contribution in [-0.4, -0.2) is 36.2 Å². The van der Waals surface area contributed by atoms with E-state index in [1.807, 2.05) is 0 Å². The number of nitrogens with zero attached hydrogens (tertiary/aromatic N) is 2. The molecule has 0 aliphatic carbocycles. The molecule has 146 valence electrons. The lowest BCUT2D eigenvalue weighted by Gasteiger charge is -2.22. The molecule has 28 heavy (non-hydrogen) atoms. The molecule has 1 N–H and O–H groups in total. The van der Waals surface area contributed by atoms with Crippen molar-refractivity contribution >= 4 is 43.7 Å². The average Bonchev–Trinajstić information content (AvgIpc) is 3.43. The summed E-state index contributed by atoms with van der Waals surface area (Å²) >= 11 is 2.38. The van der Waals surface area contributed by atoms with Crippen molar-refractivity contribution in [2.45, 2.75) is 23.1 Å². The van der Waals surface area contributed by atoms with Gasteiger partial charge in [-0.15, -0.1) is 22.7 Å². The number of hydrogen-bond donors (Lipinski definition) is 1. The van der Waals surface area contributed by atoms with E-state index in [4.69, 9.17) is 0 Å². The summed E-state index contributed by atoms with van der Waals surface area (Å²) in [6.45, 7) is 0.316. The van der Waals surface area contributed by atoms with Gasteiger partial charge in [0.15, 0.2) is 5.13 Å². The Kier molecular flexibility index (Phi) is 5.28. The number of rotatable bonds is 5. The van der Waals surface area contributed by atoms with Crippen LogP contribution in [0.1, 0.15) is 12.8 Å². The maximum absolute atomic E-state index is 13.1. The molecule has 0 spiro atoms. The van der Waals surface area contributed by atoms with E-state index in [0.29, 0.717) is 30.2 Å². The van der Waals surface area contributed by atoms with Crippen LogP contribution in [-0.2, 0) is 14.8 Å². The fourth-order valence-corrected chi connectivity index (χ4v) is 6.59. The lowest BCUT2D eigenvalue weighted by molar-refractivity contribution is -0.119. The van der Waals surface area contributed by atoms with Gasteiger partial charge in [0, 0.05) is 17.5 Å². The standard InChI is InChI=1S/C18H16FN3O3S3/c19-13-7-5-12(6-8-13)14-11-27-18(20-14)21-17(23)15-3-1-9-22(15)28(24,25)16-4-2-10-26-16/h2,4-8,10-11,15H,1,3,9H2,(H,20,21,23). The predicted molar refractivity (Wildman–Crippen MR) is 107 cm³/mol. The first kappa shape index (κ1) is 19.2. The lowest BCUT2D eigenvalue weighted by atomic mass is 10.2. The molecule has 0 radical (unpaired) electrons. The number of thiazole rings is 1. The molecule has 0 bridgehead atoms. The summed E-state index contributed by atoms with van der Waals surface area (Å²) in [5, 5.41) is 6.56. The van der Waals surface area contributed by atoms with Crippen LogP contribution in [0, 0.1) is 5.82 Å². The zero-order valence-corrected chi connectivity index (χ0v) is 17.0. The number of amides is 1. The normalized spacial score (nSPS) is 17.7. The van der Waals surface area contributed by atoms with Crippen LogP contribution in [0.2, 0.25) is 0 Å². The molecular weight excluding hydrogens is 421 g/mol. The van der Waals surface area contributed by atoms with Crippen molar-refractivity contribution in [3.8, 4) is 11.3 Å². The van der Waals surface area contributed by atoms with Gasteiger partial charge >= 0.3 is 0 Å². The Hall–Kier alpha value is -2.14. The first-order valence-corrected chi connectivity index (χ1v) is 11.7. The maximum Gasteiger partial charge on any atom is 0.253 e. The molecule has 10 heteroatoms. The fraction of sp³-hybridized carbons (Fsp3) is 0.222. The third kappa shape index (κ3) is 3.72. The third-order valence-electron chi connectivity index (χ3n) is 4.44. The van der Waals surface area contributed by atoms with Crippen LogP contribution in [0.5, 0.6) is 0 Å². The summed E-state index contributed by atoms with van der Waals surface area (Å²) in [5.74, 6) is -0.724. The molecule has 1 unspecified atom stereocenters. The van der Waals surface area contributed by atoms with Crippen LogP contribution in [0.3, 0.4) is 0 Å². The number of aromatic nitrogens is 1. The number of anilines is 1. The second-order valence-electron chi connectivity index (χ2n) is 6.24. The van der Waals surface area contributed by atoms with Crippen molar-refractivity contribution in [2.75, 3.05) is 11.9 Å². The van der Waals surface area contributed by atoms with Gasteiger partial charge in [0.05, 0.1) is 5.69 Å². The quantitative estimate of drug-likeness (QED) is 0.658. The Bertz CT molecular complexity index is 1080. The SMILES string of the molecule is O=C(Nc1nc(-c2ccc(F)cc2)cs1)C1CCCN1S(=O)(=O)c1cccs1. The minimum absolute atomic E-state index is 0.236. The largest absolute Gasteiger partial charge is 0.301 e. The highest BCUT2D eigenvalue weighted by atomic mass is 32.2. The van der Waals surface area contributed by atoms with E-state index in [0.717, 1.165) is 16.9 Å². The first-order valence-electron chi connectivity index (χ1n) is 8.53. The van der Waals surface area contributed by atoms with Gasteiger partial charge in [0.1, 0.15) is 16.1 Å². The summed E-state index contributed by atoms with van der Waals surface area (Å²) in [5.41, 5.74) is 1.36. The smallest absolute Gasteiger partial charge is 0.253 e. The van der Waals surface area contributed by atoms with Crippen LogP contribution in [0.4, 0.5) is 9.52 Å². The molecule has 1 aliphatic rings. The minimum Gasteiger partial charge on any atom is -0.301 e. The Balaban J connectivity index is 1.50. The van der Waals surface area contributed by atoms with E-state index in [1.54, 1.807) is 35.0 Å². The number of thiophene rings is 1. The van der Waals surface area contributed by atoms with Crippen molar-refractivity contribution in [3.63, 3.8) is 0 Å². The molecule has 2 aromatic heterocycles. The predicted octanol–water partition coefficient (Wildman–Crippen LogP) is 3.80. The van der Waals surface area contributed by atoms with Gasteiger partial charge in [-0.05, 0) is 48.6 Å². The molecule has 1 fully saturated rings. The zero-order chi connectivity index (χ0) is 19.7. The molecule has 3 aromatic rings. The van der Waals surface area contributed by atoms with E-state index in [9.17, 15) is 17.6 Å². The van der Waals surface area contributed by atoms with E-state index in [-0.39, 0.29) is 10.0 Å². The van der Waals surface area contributed by atoms with Crippen molar-refractivity contribution in [1.29, 1.82) is 0 Å². The Labute approximate surface area is 169 Å². The van der Waals surface area contributed by atoms with Crippen molar-refractivity contribution < 1.29 is 17.6 Å². The van der Waals surface area contributed by atoms with Gasteiger partial charge in [-0.25, -0.2) is 17.8 Å².